The third kappa shape index (κ3) is 4.21. The zero-order valence-electron chi connectivity index (χ0n) is 14.8. The maximum absolute atomic E-state index is 13.5. The Balaban J connectivity index is 0.00000210. The number of piperazine rings is 1. The van der Waals surface area contributed by atoms with E-state index in [-0.39, 0.29) is 12.4 Å². The van der Waals surface area contributed by atoms with Gasteiger partial charge in [-0.1, -0.05) is 48.5 Å². The summed E-state index contributed by atoms with van der Waals surface area (Å²) in [5.74, 6) is 0. The molecule has 1 aliphatic heterocycles. The Kier molecular flexibility index (Phi) is 5.94. The van der Waals surface area contributed by atoms with E-state index in [0.717, 1.165) is 40.2 Å². The van der Waals surface area contributed by atoms with E-state index in [2.05, 4.69) is 11.4 Å². The molecule has 144 valence electrons. The van der Waals surface area contributed by atoms with Crippen LogP contribution in [0.2, 0.25) is 0 Å². The Labute approximate surface area is 162 Å². The van der Waals surface area contributed by atoms with E-state index in [1.165, 1.54) is 0 Å². The monoisotopic (exact) mass is 394 g/mol. The van der Waals surface area contributed by atoms with Crippen molar-refractivity contribution >= 4 is 34.0 Å². The van der Waals surface area contributed by atoms with Crippen LogP contribution in [0.25, 0.3) is 21.5 Å². The van der Waals surface area contributed by atoms with Gasteiger partial charge in [-0.15, -0.1) is 12.4 Å². The highest BCUT2D eigenvalue weighted by molar-refractivity contribution is 6.02. The lowest BCUT2D eigenvalue weighted by Crippen LogP contribution is -2.46. The number of halogens is 4. The largest absolute Gasteiger partial charge is 0.390 e. The number of rotatable bonds is 3. The van der Waals surface area contributed by atoms with Crippen LogP contribution >= 0.6 is 12.4 Å². The zero-order valence-corrected chi connectivity index (χ0v) is 15.6. The van der Waals surface area contributed by atoms with Crippen molar-refractivity contribution in [1.29, 1.82) is 0 Å². The second-order valence-electron chi connectivity index (χ2n) is 6.85. The zero-order chi connectivity index (χ0) is 18.1. The van der Waals surface area contributed by atoms with Crippen LogP contribution in [-0.4, -0.2) is 37.3 Å². The molecular weight excluding hydrogens is 373 g/mol. The number of hydrogen-bond acceptors (Lipinski definition) is 2. The van der Waals surface area contributed by atoms with E-state index in [9.17, 15) is 13.2 Å². The number of nitrogens with zero attached hydrogens (tertiary/aromatic N) is 1. The van der Waals surface area contributed by atoms with Crippen molar-refractivity contribution in [1.82, 2.24) is 10.2 Å². The molecule has 1 heterocycles. The van der Waals surface area contributed by atoms with Crippen molar-refractivity contribution in [3.05, 3.63) is 60.2 Å². The number of nitrogens with one attached hydrogen (secondary N) is 1. The Morgan fingerprint density at radius 1 is 0.889 bits per heavy atom. The van der Waals surface area contributed by atoms with Crippen molar-refractivity contribution in [2.24, 2.45) is 0 Å². The maximum atomic E-state index is 13.5. The molecule has 6 heteroatoms. The first kappa shape index (κ1) is 19.9. The van der Waals surface area contributed by atoms with Gasteiger partial charge in [-0.05, 0) is 33.2 Å². The van der Waals surface area contributed by atoms with Gasteiger partial charge in [0.15, 0.2) is 0 Å². The van der Waals surface area contributed by atoms with Crippen LogP contribution in [0.1, 0.15) is 18.0 Å². The van der Waals surface area contributed by atoms with Gasteiger partial charge in [0.1, 0.15) is 0 Å². The summed E-state index contributed by atoms with van der Waals surface area (Å²) in [6, 6.07) is 16.9. The minimum Gasteiger partial charge on any atom is -0.314 e. The fourth-order valence-corrected chi connectivity index (χ4v) is 4.03. The molecule has 0 aromatic heterocycles. The molecular formula is C21H22ClF3N2. The van der Waals surface area contributed by atoms with Crippen molar-refractivity contribution in [3.8, 4) is 0 Å². The van der Waals surface area contributed by atoms with Crippen LogP contribution in [0.3, 0.4) is 0 Å². The number of fused-ring (bicyclic) bond motifs is 2. The fraction of sp³-hybridized carbons (Fsp3) is 0.333. The summed E-state index contributed by atoms with van der Waals surface area (Å²) in [6.45, 7) is 2.69. The second kappa shape index (κ2) is 8.05. The Morgan fingerprint density at radius 3 is 1.93 bits per heavy atom. The van der Waals surface area contributed by atoms with Crippen molar-refractivity contribution in [3.63, 3.8) is 0 Å². The van der Waals surface area contributed by atoms with Gasteiger partial charge < -0.3 is 5.32 Å². The normalized spacial score (nSPS) is 17.0. The average Bonchev–Trinajstić information content (AvgIpc) is 2.64. The highest BCUT2D eigenvalue weighted by atomic mass is 35.5. The number of alkyl halides is 3. The lowest BCUT2D eigenvalue weighted by molar-refractivity contribution is -0.148. The molecule has 0 spiro atoms. The fourth-order valence-electron chi connectivity index (χ4n) is 4.03. The minimum atomic E-state index is -4.21. The predicted molar refractivity (Wildman–Crippen MR) is 107 cm³/mol. The first-order valence-electron chi connectivity index (χ1n) is 8.95. The van der Waals surface area contributed by atoms with Crippen molar-refractivity contribution in [2.45, 2.75) is 18.6 Å². The average molecular weight is 395 g/mol. The molecule has 0 aliphatic carbocycles. The van der Waals surface area contributed by atoms with Gasteiger partial charge in [0.2, 0.25) is 0 Å². The van der Waals surface area contributed by atoms with Gasteiger partial charge >= 0.3 is 6.18 Å². The van der Waals surface area contributed by atoms with Gasteiger partial charge in [-0.2, -0.15) is 13.2 Å². The maximum Gasteiger partial charge on any atom is 0.390 e. The smallest absolute Gasteiger partial charge is 0.314 e. The molecule has 1 saturated heterocycles. The highest BCUT2D eigenvalue weighted by Crippen LogP contribution is 2.41. The second-order valence-corrected chi connectivity index (χ2v) is 6.85. The predicted octanol–water partition coefficient (Wildman–Crippen LogP) is 5.31. The Bertz CT molecular complexity index is 866. The molecule has 0 saturated carbocycles. The molecule has 4 rings (SSSR count). The summed E-state index contributed by atoms with van der Waals surface area (Å²) in [7, 11) is 0. The summed E-state index contributed by atoms with van der Waals surface area (Å²) in [6.07, 6.45) is -5.04. The number of benzene rings is 3. The molecule has 2 nitrogen and oxygen atoms in total. The van der Waals surface area contributed by atoms with E-state index in [4.69, 9.17) is 0 Å². The summed E-state index contributed by atoms with van der Waals surface area (Å²) < 4.78 is 40.5. The van der Waals surface area contributed by atoms with Crippen LogP contribution in [0.4, 0.5) is 13.2 Å². The topological polar surface area (TPSA) is 15.3 Å². The first-order valence-corrected chi connectivity index (χ1v) is 8.95. The summed E-state index contributed by atoms with van der Waals surface area (Å²) in [5.41, 5.74) is 0.804. The SMILES string of the molecule is Cl.FC(F)(F)C[C@@H](c1c2ccccc2cc2ccccc12)N1CCNCC1. The van der Waals surface area contributed by atoms with Gasteiger partial charge in [-0.25, -0.2) is 0 Å². The van der Waals surface area contributed by atoms with Gasteiger partial charge in [0.05, 0.1) is 6.42 Å². The Morgan fingerprint density at radius 2 is 1.41 bits per heavy atom. The summed E-state index contributed by atoms with van der Waals surface area (Å²) in [4.78, 5) is 1.98. The molecule has 1 atom stereocenters. The molecule has 27 heavy (non-hydrogen) atoms. The standard InChI is InChI=1S/C21H21F3N2.ClH/c22-21(23,24)14-19(26-11-9-25-10-12-26)20-17-7-3-1-5-15(17)13-16-6-2-4-8-18(16)20;/h1-8,13,19,25H,9-12,14H2;1H/t19-;/m0./s1. The molecule has 1 aliphatic rings. The van der Waals surface area contributed by atoms with Gasteiger partial charge in [-0.3, -0.25) is 4.90 Å². The summed E-state index contributed by atoms with van der Waals surface area (Å²) in [5, 5.41) is 7.05. The van der Waals surface area contributed by atoms with Gasteiger partial charge in [0.25, 0.3) is 0 Å². The van der Waals surface area contributed by atoms with E-state index in [1.807, 2.05) is 53.4 Å². The van der Waals surface area contributed by atoms with E-state index < -0.39 is 18.6 Å². The molecule has 3 aromatic carbocycles. The van der Waals surface area contributed by atoms with Crippen molar-refractivity contribution in [2.75, 3.05) is 26.2 Å². The highest BCUT2D eigenvalue weighted by Gasteiger charge is 2.37. The Hall–Kier alpha value is -1.82. The third-order valence-electron chi connectivity index (χ3n) is 5.16. The van der Waals surface area contributed by atoms with Crippen LogP contribution in [0.15, 0.2) is 54.6 Å². The van der Waals surface area contributed by atoms with Crippen LogP contribution in [0, 0.1) is 0 Å². The molecule has 0 unspecified atom stereocenters. The number of hydrogen-bond donors (Lipinski definition) is 1. The first-order chi connectivity index (χ1) is 12.5. The molecule has 0 radical (unpaired) electrons. The lowest BCUT2D eigenvalue weighted by Gasteiger charge is -2.36. The van der Waals surface area contributed by atoms with Crippen LogP contribution in [-0.2, 0) is 0 Å². The van der Waals surface area contributed by atoms with E-state index in [0.29, 0.717) is 13.1 Å². The molecule has 3 aromatic rings. The van der Waals surface area contributed by atoms with Crippen LogP contribution in [0.5, 0.6) is 0 Å². The molecule has 0 amide bonds. The van der Waals surface area contributed by atoms with E-state index >= 15 is 0 Å². The van der Waals surface area contributed by atoms with Crippen LogP contribution < -0.4 is 5.32 Å². The minimum absolute atomic E-state index is 0. The molecule has 1 fully saturated rings. The molecule has 1 N–H and O–H groups in total. The van der Waals surface area contributed by atoms with Gasteiger partial charge in [0, 0.05) is 32.2 Å². The lowest BCUT2D eigenvalue weighted by atomic mass is 9.89. The molecule has 0 bridgehead atoms. The van der Waals surface area contributed by atoms with Crippen molar-refractivity contribution < 1.29 is 13.2 Å². The summed E-state index contributed by atoms with van der Waals surface area (Å²) >= 11 is 0. The van der Waals surface area contributed by atoms with E-state index in [1.54, 1.807) is 0 Å². The third-order valence-corrected chi connectivity index (χ3v) is 5.16. The quantitative estimate of drug-likeness (QED) is 0.605.